The highest BCUT2D eigenvalue weighted by atomic mass is 32.2. The van der Waals surface area contributed by atoms with Crippen LogP contribution in [0.4, 0.5) is 0 Å². The number of fused-ring (bicyclic) bond motifs is 1. The van der Waals surface area contributed by atoms with E-state index in [0.29, 0.717) is 16.5 Å². The Kier molecular flexibility index (Phi) is 6.29. The van der Waals surface area contributed by atoms with E-state index in [1.807, 2.05) is 44.2 Å². The molecule has 3 aromatic rings. The van der Waals surface area contributed by atoms with Gasteiger partial charge in [0.05, 0.1) is 16.8 Å². The summed E-state index contributed by atoms with van der Waals surface area (Å²) in [6.07, 6.45) is 4.63. The number of nitrogens with one attached hydrogen (secondary N) is 1. The zero-order valence-corrected chi connectivity index (χ0v) is 19.2. The van der Waals surface area contributed by atoms with Crippen LogP contribution < -0.4 is 10.9 Å². The molecule has 1 amide bonds. The van der Waals surface area contributed by atoms with Crippen LogP contribution in [-0.4, -0.2) is 27.3 Å². The fourth-order valence-electron chi connectivity index (χ4n) is 4.09. The summed E-state index contributed by atoms with van der Waals surface area (Å²) in [7, 11) is 0. The van der Waals surface area contributed by atoms with Gasteiger partial charge in [-0.2, -0.15) is 0 Å². The monoisotopic (exact) mass is 441 g/mol. The number of hydrogen-bond acceptors (Lipinski definition) is 5. The molecule has 0 spiro atoms. The number of aromatic nitrogens is 2. The molecule has 1 aromatic carbocycles. The molecule has 5 nitrogen and oxygen atoms in total. The van der Waals surface area contributed by atoms with Gasteiger partial charge >= 0.3 is 0 Å². The summed E-state index contributed by atoms with van der Waals surface area (Å²) in [5.74, 6) is 0.769. The standard InChI is InChI=1S/C23H27N3O2S2/c1-14-9-7-8-12-18(14)24-19(27)13-29-23-25-21-20(15(2)16(3)30-21)22(28)26(23)17-10-5-4-6-11-17/h4-6,10-11,14,18H,7-9,12-13H2,1-3H3,(H,24,27)/t14-,18-/m1/s1. The van der Waals surface area contributed by atoms with Crippen LogP contribution in [0.15, 0.2) is 40.3 Å². The number of thioether (sulfide) groups is 1. The number of amides is 1. The third kappa shape index (κ3) is 4.18. The Morgan fingerprint density at radius 1 is 1.23 bits per heavy atom. The zero-order chi connectivity index (χ0) is 21.3. The van der Waals surface area contributed by atoms with Crippen LogP contribution >= 0.6 is 23.1 Å². The van der Waals surface area contributed by atoms with Crippen LogP contribution in [0, 0.1) is 19.8 Å². The molecular formula is C23H27N3O2S2. The minimum atomic E-state index is -0.0724. The molecule has 2 atom stereocenters. The molecule has 7 heteroatoms. The van der Waals surface area contributed by atoms with Gasteiger partial charge in [-0.3, -0.25) is 14.2 Å². The molecule has 2 aromatic heterocycles. The van der Waals surface area contributed by atoms with Gasteiger partial charge in [-0.25, -0.2) is 4.98 Å². The maximum Gasteiger partial charge on any atom is 0.267 e. The molecule has 4 rings (SSSR count). The summed E-state index contributed by atoms with van der Waals surface area (Å²) in [6.45, 7) is 6.19. The highest BCUT2D eigenvalue weighted by Crippen LogP contribution is 2.30. The number of aryl methyl sites for hydroxylation is 2. The van der Waals surface area contributed by atoms with E-state index in [9.17, 15) is 9.59 Å². The number of thiophene rings is 1. The molecule has 0 radical (unpaired) electrons. The van der Waals surface area contributed by atoms with Crippen molar-refractivity contribution in [2.24, 2.45) is 5.92 Å². The SMILES string of the molecule is Cc1sc2nc(SCC(=O)N[C@@H]3CCCC[C@H]3C)n(-c3ccccc3)c(=O)c2c1C. The van der Waals surface area contributed by atoms with E-state index >= 15 is 0 Å². The second-order valence-electron chi connectivity index (χ2n) is 8.06. The van der Waals surface area contributed by atoms with Gasteiger partial charge in [0.25, 0.3) is 5.56 Å². The quantitative estimate of drug-likeness (QED) is 0.454. The molecule has 30 heavy (non-hydrogen) atoms. The van der Waals surface area contributed by atoms with Crippen molar-refractivity contribution in [2.75, 3.05) is 5.75 Å². The first-order valence-corrected chi connectivity index (χ1v) is 12.3. The van der Waals surface area contributed by atoms with Crippen molar-refractivity contribution in [3.05, 3.63) is 51.1 Å². The summed E-state index contributed by atoms with van der Waals surface area (Å²) in [5.41, 5.74) is 1.68. The van der Waals surface area contributed by atoms with Gasteiger partial charge in [0.1, 0.15) is 4.83 Å². The van der Waals surface area contributed by atoms with Gasteiger partial charge < -0.3 is 5.32 Å². The van der Waals surface area contributed by atoms with Gasteiger partial charge in [-0.15, -0.1) is 11.3 Å². The fraction of sp³-hybridized carbons (Fsp3) is 0.435. The van der Waals surface area contributed by atoms with Crippen LogP contribution in [0.25, 0.3) is 15.9 Å². The Balaban J connectivity index is 1.64. The molecule has 2 heterocycles. The first-order valence-electron chi connectivity index (χ1n) is 10.5. The molecule has 0 saturated heterocycles. The van der Waals surface area contributed by atoms with Crippen molar-refractivity contribution in [3.63, 3.8) is 0 Å². The van der Waals surface area contributed by atoms with E-state index in [1.54, 1.807) is 4.57 Å². The van der Waals surface area contributed by atoms with Crippen LogP contribution in [0.3, 0.4) is 0 Å². The predicted octanol–water partition coefficient (Wildman–Crippen LogP) is 4.85. The minimum Gasteiger partial charge on any atom is -0.352 e. The number of rotatable bonds is 5. The van der Waals surface area contributed by atoms with E-state index < -0.39 is 0 Å². The average molecular weight is 442 g/mol. The van der Waals surface area contributed by atoms with Gasteiger partial charge in [0, 0.05) is 10.9 Å². The van der Waals surface area contributed by atoms with Crippen LogP contribution in [0.1, 0.15) is 43.0 Å². The topological polar surface area (TPSA) is 64.0 Å². The number of benzene rings is 1. The maximum absolute atomic E-state index is 13.4. The van der Waals surface area contributed by atoms with Crippen molar-refractivity contribution in [3.8, 4) is 5.69 Å². The van der Waals surface area contributed by atoms with Crippen molar-refractivity contribution in [1.82, 2.24) is 14.9 Å². The second-order valence-corrected chi connectivity index (χ2v) is 10.2. The largest absolute Gasteiger partial charge is 0.352 e. The van der Waals surface area contributed by atoms with Crippen LogP contribution in [0.2, 0.25) is 0 Å². The Morgan fingerprint density at radius 3 is 2.70 bits per heavy atom. The Labute approximate surface area is 184 Å². The van der Waals surface area contributed by atoms with Crippen molar-refractivity contribution < 1.29 is 4.79 Å². The Hall–Kier alpha value is -2.12. The molecule has 0 aliphatic heterocycles. The molecule has 1 aliphatic rings. The van der Waals surface area contributed by atoms with E-state index in [-0.39, 0.29) is 23.3 Å². The van der Waals surface area contributed by atoms with E-state index in [2.05, 4.69) is 12.2 Å². The third-order valence-electron chi connectivity index (χ3n) is 5.98. The number of para-hydroxylation sites is 1. The average Bonchev–Trinajstić information content (AvgIpc) is 3.02. The normalized spacial score (nSPS) is 19.2. The fourth-order valence-corrected chi connectivity index (χ4v) is 5.98. The molecule has 158 valence electrons. The maximum atomic E-state index is 13.4. The molecule has 0 bridgehead atoms. The lowest BCUT2D eigenvalue weighted by molar-refractivity contribution is -0.119. The summed E-state index contributed by atoms with van der Waals surface area (Å²) < 4.78 is 1.64. The van der Waals surface area contributed by atoms with Crippen molar-refractivity contribution in [1.29, 1.82) is 0 Å². The van der Waals surface area contributed by atoms with Crippen molar-refractivity contribution in [2.45, 2.75) is 57.7 Å². The number of hydrogen-bond donors (Lipinski definition) is 1. The Bertz CT molecular complexity index is 1120. The molecule has 0 unspecified atom stereocenters. The predicted molar refractivity (Wildman–Crippen MR) is 125 cm³/mol. The molecule has 1 fully saturated rings. The van der Waals surface area contributed by atoms with Crippen LogP contribution in [0.5, 0.6) is 0 Å². The van der Waals surface area contributed by atoms with E-state index in [4.69, 9.17) is 4.98 Å². The number of carbonyl (C=O) groups excluding carboxylic acids is 1. The smallest absolute Gasteiger partial charge is 0.267 e. The van der Waals surface area contributed by atoms with E-state index in [1.165, 1.54) is 42.4 Å². The molecular weight excluding hydrogens is 414 g/mol. The Morgan fingerprint density at radius 2 is 1.97 bits per heavy atom. The molecule has 1 aliphatic carbocycles. The summed E-state index contributed by atoms with van der Waals surface area (Å²) in [5, 5.41) is 4.43. The first kappa shape index (κ1) is 21.1. The van der Waals surface area contributed by atoms with Gasteiger partial charge in [0.2, 0.25) is 5.91 Å². The highest BCUT2D eigenvalue weighted by Gasteiger charge is 2.23. The first-order chi connectivity index (χ1) is 14.5. The second kappa shape index (κ2) is 8.94. The number of carbonyl (C=O) groups is 1. The lowest BCUT2D eigenvalue weighted by atomic mass is 9.86. The molecule has 1 saturated carbocycles. The van der Waals surface area contributed by atoms with Gasteiger partial charge in [-0.1, -0.05) is 49.7 Å². The van der Waals surface area contributed by atoms with Gasteiger partial charge in [0.15, 0.2) is 5.16 Å². The third-order valence-corrected chi connectivity index (χ3v) is 8.02. The van der Waals surface area contributed by atoms with Gasteiger partial charge in [-0.05, 0) is 50.3 Å². The highest BCUT2D eigenvalue weighted by molar-refractivity contribution is 7.99. The van der Waals surface area contributed by atoms with E-state index in [0.717, 1.165) is 27.4 Å². The lowest BCUT2D eigenvalue weighted by Crippen LogP contribution is -2.41. The summed E-state index contributed by atoms with van der Waals surface area (Å²) >= 11 is 2.87. The summed E-state index contributed by atoms with van der Waals surface area (Å²) in [4.78, 5) is 32.7. The van der Waals surface area contributed by atoms with Crippen molar-refractivity contribution >= 4 is 39.2 Å². The number of nitrogens with zero attached hydrogens (tertiary/aromatic N) is 2. The summed E-state index contributed by atoms with van der Waals surface area (Å²) in [6, 6.07) is 9.79. The lowest BCUT2D eigenvalue weighted by Gasteiger charge is -2.29. The minimum absolute atomic E-state index is 0.00579. The molecule has 1 N–H and O–H groups in total. The zero-order valence-electron chi connectivity index (χ0n) is 17.6. The van der Waals surface area contributed by atoms with Crippen LogP contribution in [-0.2, 0) is 4.79 Å².